The Labute approximate surface area is 146 Å². The van der Waals surface area contributed by atoms with Crippen LogP contribution in [0.3, 0.4) is 0 Å². The standard InChI is InChI=1S/C16H14ClF3N2O3/c1-2-25-15(24)22-13-4-3-9(5-10(13)8-23)14-12(17)6-11(7-21-14)16(18,19)20/h3-7,23H,2,8H2,1H3,(H,22,24). The zero-order valence-corrected chi connectivity index (χ0v) is 13.8. The van der Waals surface area contributed by atoms with Crippen molar-refractivity contribution in [3.05, 3.63) is 46.6 Å². The SMILES string of the molecule is CCOC(=O)Nc1ccc(-c2ncc(C(F)(F)F)cc2Cl)cc1CO. The van der Waals surface area contributed by atoms with E-state index in [0.717, 1.165) is 6.07 Å². The number of nitrogens with one attached hydrogen (secondary N) is 1. The number of pyridine rings is 1. The molecule has 0 unspecified atom stereocenters. The Morgan fingerprint density at radius 2 is 2.08 bits per heavy atom. The number of halogens is 4. The molecule has 0 radical (unpaired) electrons. The smallest absolute Gasteiger partial charge is 0.417 e. The summed E-state index contributed by atoms with van der Waals surface area (Å²) in [5, 5.41) is 11.7. The first kappa shape index (κ1) is 19.0. The molecule has 0 atom stereocenters. The number of aliphatic hydroxyl groups excluding tert-OH is 1. The highest BCUT2D eigenvalue weighted by Crippen LogP contribution is 2.35. The Morgan fingerprint density at radius 1 is 1.36 bits per heavy atom. The molecule has 0 aliphatic rings. The molecule has 2 rings (SSSR count). The molecule has 1 heterocycles. The highest BCUT2D eigenvalue weighted by molar-refractivity contribution is 6.33. The maximum atomic E-state index is 12.7. The van der Waals surface area contributed by atoms with Crippen LogP contribution in [-0.2, 0) is 17.5 Å². The van der Waals surface area contributed by atoms with Crippen LogP contribution in [0.4, 0.5) is 23.7 Å². The second kappa shape index (κ2) is 7.71. The van der Waals surface area contributed by atoms with Gasteiger partial charge in [-0.05, 0) is 25.1 Å². The van der Waals surface area contributed by atoms with Crippen LogP contribution >= 0.6 is 11.6 Å². The van der Waals surface area contributed by atoms with E-state index in [1.807, 2.05) is 0 Å². The van der Waals surface area contributed by atoms with Crippen LogP contribution in [0.25, 0.3) is 11.3 Å². The molecule has 1 amide bonds. The summed E-state index contributed by atoms with van der Waals surface area (Å²) in [6, 6.07) is 5.26. The Balaban J connectivity index is 2.36. The average molecular weight is 375 g/mol. The van der Waals surface area contributed by atoms with E-state index in [2.05, 4.69) is 10.3 Å². The molecule has 5 nitrogen and oxygen atoms in total. The van der Waals surface area contributed by atoms with Crippen LogP contribution in [0.15, 0.2) is 30.5 Å². The summed E-state index contributed by atoms with van der Waals surface area (Å²) in [4.78, 5) is 15.2. The summed E-state index contributed by atoms with van der Waals surface area (Å²) in [7, 11) is 0. The molecule has 0 saturated carbocycles. The monoisotopic (exact) mass is 374 g/mol. The first-order valence-electron chi connectivity index (χ1n) is 7.17. The number of rotatable bonds is 4. The zero-order chi connectivity index (χ0) is 18.6. The molecular formula is C16H14ClF3N2O3. The Kier molecular flexibility index (Phi) is 5.86. The van der Waals surface area contributed by atoms with Gasteiger partial charge in [0.05, 0.1) is 29.5 Å². The topological polar surface area (TPSA) is 71.5 Å². The van der Waals surface area contributed by atoms with Gasteiger partial charge in [0.2, 0.25) is 0 Å². The normalized spacial score (nSPS) is 11.3. The third-order valence-corrected chi connectivity index (χ3v) is 3.52. The number of benzene rings is 1. The van der Waals surface area contributed by atoms with Crippen molar-refractivity contribution in [2.75, 3.05) is 11.9 Å². The highest BCUT2D eigenvalue weighted by atomic mass is 35.5. The summed E-state index contributed by atoms with van der Waals surface area (Å²) in [5.74, 6) is 0. The fourth-order valence-corrected chi connectivity index (χ4v) is 2.35. The summed E-state index contributed by atoms with van der Waals surface area (Å²) in [6.07, 6.45) is -4.54. The molecule has 0 fully saturated rings. The molecule has 25 heavy (non-hydrogen) atoms. The second-order valence-electron chi connectivity index (χ2n) is 4.93. The van der Waals surface area contributed by atoms with Crippen molar-refractivity contribution in [2.24, 2.45) is 0 Å². The number of hydrogen-bond donors (Lipinski definition) is 2. The van der Waals surface area contributed by atoms with Crippen LogP contribution in [0.1, 0.15) is 18.1 Å². The van der Waals surface area contributed by atoms with Crippen molar-refractivity contribution in [1.29, 1.82) is 0 Å². The average Bonchev–Trinajstić information content (AvgIpc) is 2.54. The van der Waals surface area contributed by atoms with Gasteiger partial charge in [-0.15, -0.1) is 0 Å². The van der Waals surface area contributed by atoms with Gasteiger partial charge in [0.15, 0.2) is 0 Å². The van der Waals surface area contributed by atoms with Gasteiger partial charge in [0, 0.05) is 23.0 Å². The number of aromatic nitrogens is 1. The van der Waals surface area contributed by atoms with E-state index in [1.165, 1.54) is 18.2 Å². The molecule has 2 aromatic rings. The zero-order valence-electron chi connectivity index (χ0n) is 13.0. The van der Waals surface area contributed by atoms with Gasteiger partial charge in [-0.1, -0.05) is 17.7 Å². The minimum absolute atomic E-state index is 0.132. The van der Waals surface area contributed by atoms with Crippen LogP contribution in [0, 0.1) is 0 Å². The van der Waals surface area contributed by atoms with Gasteiger partial charge < -0.3 is 9.84 Å². The van der Waals surface area contributed by atoms with E-state index >= 15 is 0 Å². The fraction of sp³-hybridized carbons (Fsp3) is 0.250. The van der Waals surface area contributed by atoms with E-state index in [-0.39, 0.29) is 17.3 Å². The first-order valence-corrected chi connectivity index (χ1v) is 7.54. The van der Waals surface area contributed by atoms with Crippen molar-refractivity contribution in [3.8, 4) is 11.3 Å². The first-order chi connectivity index (χ1) is 11.8. The quantitative estimate of drug-likeness (QED) is 0.827. The van der Waals surface area contributed by atoms with E-state index in [9.17, 15) is 23.1 Å². The van der Waals surface area contributed by atoms with Crippen LogP contribution in [0.5, 0.6) is 0 Å². The third-order valence-electron chi connectivity index (χ3n) is 3.23. The summed E-state index contributed by atoms with van der Waals surface area (Å²) < 4.78 is 42.8. The summed E-state index contributed by atoms with van der Waals surface area (Å²) in [6.45, 7) is 1.42. The lowest BCUT2D eigenvalue weighted by Gasteiger charge is -2.13. The Bertz CT molecular complexity index is 782. The van der Waals surface area contributed by atoms with Crippen LogP contribution in [0.2, 0.25) is 5.02 Å². The van der Waals surface area contributed by atoms with Crippen LogP contribution in [-0.4, -0.2) is 22.8 Å². The number of alkyl halides is 3. The van der Waals surface area contributed by atoms with Gasteiger partial charge in [0.25, 0.3) is 0 Å². The number of carbonyl (C=O) groups is 1. The molecule has 1 aromatic heterocycles. The van der Waals surface area contributed by atoms with E-state index in [0.29, 0.717) is 23.0 Å². The molecule has 0 saturated heterocycles. The Morgan fingerprint density at radius 3 is 2.64 bits per heavy atom. The molecule has 9 heteroatoms. The number of carbonyl (C=O) groups excluding carboxylic acids is 1. The predicted molar refractivity (Wildman–Crippen MR) is 86.3 cm³/mol. The van der Waals surface area contributed by atoms with Gasteiger partial charge in [-0.3, -0.25) is 10.3 Å². The highest BCUT2D eigenvalue weighted by Gasteiger charge is 2.31. The van der Waals surface area contributed by atoms with Gasteiger partial charge in [-0.25, -0.2) is 4.79 Å². The van der Waals surface area contributed by atoms with Gasteiger partial charge in [-0.2, -0.15) is 13.2 Å². The molecule has 134 valence electrons. The summed E-state index contributed by atoms with van der Waals surface area (Å²) >= 11 is 5.92. The second-order valence-corrected chi connectivity index (χ2v) is 5.33. The number of nitrogens with zero attached hydrogens (tertiary/aromatic N) is 1. The minimum atomic E-state index is -4.54. The van der Waals surface area contributed by atoms with Crippen molar-refractivity contribution in [3.63, 3.8) is 0 Å². The molecule has 2 N–H and O–H groups in total. The summed E-state index contributed by atoms with van der Waals surface area (Å²) in [5.41, 5.74) is 0.226. The number of aliphatic hydroxyl groups is 1. The molecule has 0 aliphatic carbocycles. The van der Waals surface area contributed by atoms with E-state index < -0.39 is 24.4 Å². The Hall–Kier alpha value is -2.32. The minimum Gasteiger partial charge on any atom is -0.450 e. The maximum Gasteiger partial charge on any atom is 0.417 e. The lowest BCUT2D eigenvalue weighted by atomic mass is 10.1. The van der Waals surface area contributed by atoms with E-state index in [1.54, 1.807) is 6.92 Å². The van der Waals surface area contributed by atoms with Crippen molar-refractivity contribution in [1.82, 2.24) is 4.98 Å². The lowest BCUT2D eigenvalue weighted by molar-refractivity contribution is -0.137. The van der Waals surface area contributed by atoms with Crippen molar-refractivity contribution in [2.45, 2.75) is 19.7 Å². The fourth-order valence-electron chi connectivity index (χ4n) is 2.08. The van der Waals surface area contributed by atoms with E-state index in [4.69, 9.17) is 16.3 Å². The molecule has 0 spiro atoms. The number of ether oxygens (including phenoxy) is 1. The largest absolute Gasteiger partial charge is 0.450 e. The maximum absolute atomic E-state index is 12.7. The third kappa shape index (κ3) is 4.61. The lowest BCUT2D eigenvalue weighted by Crippen LogP contribution is -2.14. The predicted octanol–water partition coefficient (Wildman–Crippen LogP) is 4.48. The molecule has 0 aliphatic heterocycles. The molecule has 0 bridgehead atoms. The van der Waals surface area contributed by atoms with Crippen molar-refractivity contribution < 1.29 is 27.8 Å². The van der Waals surface area contributed by atoms with Crippen molar-refractivity contribution >= 4 is 23.4 Å². The number of hydrogen-bond acceptors (Lipinski definition) is 4. The number of anilines is 1. The van der Waals surface area contributed by atoms with Gasteiger partial charge >= 0.3 is 12.3 Å². The van der Waals surface area contributed by atoms with Crippen LogP contribution < -0.4 is 5.32 Å². The van der Waals surface area contributed by atoms with Gasteiger partial charge in [0.1, 0.15) is 0 Å². The number of amides is 1. The molecular weight excluding hydrogens is 361 g/mol. The molecule has 1 aromatic carbocycles.